The van der Waals surface area contributed by atoms with Crippen molar-refractivity contribution >= 4 is 5.91 Å². The first-order chi connectivity index (χ1) is 4.88. The summed E-state index contributed by atoms with van der Waals surface area (Å²) in [7, 11) is 2.95. The molecule has 0 rings (SSSR count). The fourth-order valence-corrected chi connectivity index (χ4v) is 0.466. The van der Waals surface area contributed by atoms with Gasteiger partial charge in [-0.15, -0.1) is 0 Å². The van der Waals surface area contributed by atoms with Crippen molar-refractivity contribution in [2.45, 2.75) is 19.5 Å². The molecule has 0 aromatic carbocycles. The quantitative estimate of drug-likeness (QED) is 0.664. The third-order valence-corrected chi connectivity index (χ3v) is 1.25. The number of hydrogen-bond donors (Lipinski definition) is 1. The van der Waals surface area contributed by atoms with Crippen molar-refractivity contribution in [2.24, 2.45) is 5.92 Å². The zero-order valence-electron chi connectivity index (χ0n) is 6.03. The van der Waals surface area contributed by atoms with E-state index in [-0.39, 0.29) is 0 Å². The first-order valence-electron chi connectivity index (χ1n) is 3.00. The number of carbonyl (C=O) groups excluding carboxylic acids is 1. The molecule has 1 unspecified atom stereocenters. The van der Waals surface area contributed by atoms with Crippen LogP contribution in [0.1, 0.15) is 13.3 Å². The third kappa shape index (κ3) is 3.85. The van der Waals surface area contributed by atoms with E-state index in [4.69, 9.17) is 0 Å². The highest BCUT2D eigenvalue weighted by Gasteiger charge is 2.36. The third-order valence-electron chi connectivity index (χ3n) is 1.25. The molecule has 5 heteroatoms. The van der Waals surface area contributed by atoms with Gasteiger partial charge in [0, 0.05) is 13.5 Å². The summed E-state index contributed by atoms with van der Waals surface area (Å²) >= 11 is 0. The van der Waals surface area contributed by atoms with Crippen LogP contribution in [0, 0.1) is 13.0 Å². The predicted molar refractivity (Wildman–Crippen MR) is 33.3 cm³/mol. The molecule has 0 aliphatic rings. The second kappa shape index (κ2) is 3.59. The summed E-state index contributed by atoms with van der Waals surface area (Å²) in [5.74, 6) is -2.31. The van der Waals surface area contributed by atoms with Gasteiger partial charge in [0.2, 0.25) is 5.91 Å². The summed E-state index contributed by atoms with van der Waals surface area (Å²) < 4.78 is 35.2. The van der Waals surface area contributed by atoms with Crippen LogP contribution < -0.4 is 5.32 Å². The number of hydrogen-bond acceptors (Lipinski definition) is 1. The molecule has 1 radical (unpaired) electrons. The molecular formula is C6H9F3NO. The molecule has 0 saturated heterocycles. The number of rotatable bonds is 2. The molecule has 1 amide bonds. The van der Waals surface area contributed by atoms with Crippen LogP contribution in [0.15, 0.2) is 0 Å². The zero-order valence-corrected chi connectivity index (χ0v) is 6.03. The molecule has 1 N–H and O–H groups in total. The van der Waals surface area contributed by atoms with Crippen molar-refractivity contribution in [3.05, 3.63) is 7.05 Å². The van der Waals surface area contributed by atoms with Crippen LogP contribution in [0.5, 0.6) is 0 Å². The van der Waals surface area contributed by atoms with Gasteiger partial charge in [-0.1, -0.05) is 6.92 Å². The van der Waals surface area contributed by atoms with Gasteiger partial charge >= 0.3 is 6.18 Å². The monoisotopic (exact) mass is 168 g/mol. The Morgan fingerprint density at radius 1 is 1.64 bits per heavy atom. The zero-order chi connectivity index (χ0) is 9.07. The van der Waals surface area contributed by atoms with Crippen LogP contribution in [0.25, 0.3) is 0 Å². The molecule has 0 bridgehead atoms. The Balaban J connectivity index is 3.87. The molecule has 0 aromatic rings. The Kier molecular flexibility index (Phi) is 3.35. The van der Waals surface area contributed by atoms with Gasteiger partial charge in [0.15, 0.2) is 0 Å². The Bertz CT molecular complexity index is 143. The first kappa shape index (κ1) is 10.3. The van der Waals surface area contributed by atoms with Crippen molar-refractivity contribution in [3.8, 4) is 0 Å². The van der Waals surface area contributed by atoms with Crippen molar-refractivity contribution in [2.75, 3.05) is 0 Å². The largest absolute Gasteiger partial charge is 0.392 e. The number of amides is 1. The van der Waals surface area contributed by atoms with Gasteiger partial charge in [-0.25, -0.2) is 0 Å². The maximum Gasteiger partial charge on any atom is 0.392 e. The molecule has 2 nitrogen and oxygen atoms in total. The van der Waals surface area contributed by atoms with Gasteiger partial charge in [0.05, 0.1) is 5.92 Å². The highest BCUT2D eigenvalue weighted by atomic mass is 19.4. The van der Waals surface area contributed by atoms with Gasteiger partial charge in [0.25, 0.3) is 0 Å². The van der Waals surface area contributed by atoms with E-state index in [2.05, 4.69) is 7.05 Å². The summed E-state index contributed by atoms with van der Waals surface area (Å²) in [5, 5.41) is 1.88. The molecule has 0 saturated carbocycles. The standard InChI is InChI=1S/C6H9F3NO/c1-4(6(7,8)9)3-5(11)10-2/h4H,2-3H2,1H3,(H,10,11). The molecule has 0 spiro atoms. The number of halogens is 3. The molecule has 65 valence electrons. The SMILES string of the molecule is [CH2]NC(=O)CC(C)C(F)(F)F. The molecule has 11 heavy (non-hydrogen) atoms. The van der Waals surface area contributed by atoms with Gasteiger partial charge in [0.1, 0.15) is 0 Å². The van der Waals surface area contributed by atoms with Gasteiger partial charge < -0.3 is 5.32 Å². The van der Waals surface area contributed by atoms with Crippen LogP contribution in [0.4, 0.5) is 13.2 Å². The van der Waals surface area contributed by atoms with E-state index < -0.39 is 24.4 Å². The Morgan fingerprint density at radius 3 is 2.36 bits per heavy atom. The Morgan fingerprint density at radius 2 is 2.09 bits per heavy atom. The lowest BCUT2D eigenvalue weighted by Crippen LogP contribution is -2.27. The fraction of sp³-hybridized carbons (Fsp3) is 0.667. The lowest BCUT2D eigenvalue weighted by Gasteiger charge is -2.13. The number of carbonyl (C=O) groups is 1. The average molecular weight is 168 g/mol. The number of nitrogens with one attached hydrogen (secondary N) is 1. The average Bonchev–Trinajstić information content (AvgIpc) is 1.85. The van der Waals surface area contributed by atoms with E-state index in [0.717, 1.165) is 6.92 Å². The summed E-state index contributed by atoms with van der Waals surface area (Å²) in [5.41, 5.74) is 0. The minimum absolute atomic E-state index is 0.562. The molecule has 0 aromatic heterocycles. The van der Waals surface area contributed by atoms with E-state index in [1.807, 2.05) is 5.32 Å². The maximum absolute atomic E-state index is 11.7. The van der Waals surface area contributed by atoms with E-state index in [0.29, 0.717) is 0 Å². The minimum atomic E-state index is -4.30. The van der Waals surface area contributed by atoms with Crippen molar-refractivity contribution in [1.29, 1.82) is 0 Å². The van der Waals surface area contributed by atoms with Crippen LogP contribution in [0.3, 0.4) is 0 Å². The van der Waals surface area contributed by atoms with Crippen molar-refractivity contribution in [1.82, 2.24) is 5.32 Å². The maximum atomic E-state index is 11.7. The van der Waals surface area contributed by atoms with Crippen LogP contribution in [0.2, 0.25) is 0 Å². The lowest BCUT2D eigenvalue weighted by molar-refractivity contribution is -0.174. The molecular weight excluding hydrogens is 159 g/mol. The first-order valence-corrected chi connectivity index (χ1v) is 3.00. The van der Waals surface area contributed by atoms with E-state index in [1.165, 1.54) is 0 Å². The van der Waals surface area contributed by atoms with E-state index in [9.17, 15) is 18.0 Å². The Hall–Kier alpha value is -0.740. The van der Waals surface area contributed by atoms with Crippen molar-refractivity contribution < 1.29 is 18.0 Å². The van der Waals surface area contributed by atoms with Crippen LogP contribution >= 0.6 is 0 Å². The highest BCUT2D eigenvalue weighted by molar-refractivity contribution is 5.76. The Labute approximate surface area is 62.8 Å². The number of alkyl halides is 3. The summed E-state index contributed by atoms with van der Waals surface area (Å²) in [4.78, 5) is 10.4. The normalized spacial score (nSPS) is 14.3. The smallest absolute Gasteiger partial charge is 0.354 e. The van der Waals surface area contributed by atoms with Crippen molar-refractivity contribution in [3.63, 3.8) is 0 Å². The summed E-state index contributed by atoms with van der Waals surface area (Å²) in [6, 6.07) is 0. The second-order valence-corrected chi connectivity index (χ2v) is 2.25. The van der Waals surface area contributed by atoms with Crippen LogP contribution in [-0.4, -0.2) is 12.1 Å². The van der Waals surface area contributed by atoms with Gasteiger partial charge in [-0.2, -0.15) is 13.2 Å². The molecule has 0 aliphatic heterocycles. The topological polar surface area (TPSA) is 29.1 Å². The van der Waals surface area contributed by atoms with Crippen LogP contribution in [-0.2, 0) is 4.79 Å². The fourth-order valence-electron chi connectivity index (χ4n) is 0.466. The van der Waals surface area contributed by atoms with Gasteiger partial charge in [-0.3, -0.25) is 4.79 Å². The second-order valence-electron chi connectivity index (χ2n) is 2.25. The minimum Gasteiger partial charge on any atom is -0.354 e. The molecule has 0 heterocycles. The lowest BCUT2D eigenvalue weighted by atomic mass is 10.1. The molecule has 0 aliphatic carbocycles. The summed E-state index contributed by atoms with van der Waals surface area (Å²) in [6.07, 6.45) is -4.86. The van der Waals surface area contributed by atoms with E-state index >= 15 is 0 Å². The van der Waals surface area contributed by atoms with E-state index in [1.54, 1.807) is 0 Å². The predicted octanol–water partition coefficient (Wildman–Crippen LogP) is 1.48. The van der Waals surface area contributed by atoms with Gasteiger partial charge in [-0.05, 0) is 0 Å². The summed E-state index contributed by atoms with van der Waals surface area (Å²) in [6.45, 7) is 0.954. The highest BCUT2D eigenvalue weighted by Crippen LogP contribution is 2.27. The molecule has 1 atom stereocenters. The molecule has 0 fully saturated rings.